The van der Waals surface area contributed by atoms with Gasteiger partial charge in [0, 0.05) is 22.6 Å². The number of aromatic nitrogens is 2. The molecular weight excluding hydrogens is 239 g/mol. The van der Waals surface area contributed by atoms with Gasteiger partial charge in [-0.3, -0.25) is 4.98 Å². The van der Waals surface area contributed by atoms with E-state index in [9.17, 15) is 4.39 Å². The van der Waals surface area contributed by atoms with Crippen LogP contribution in [-0.4, -0.2) is 9.97 Å². The van der Waals surface area contributed by atoms with Crippen LogP contribution in [0.5, 0.6) is 0 Å². The van der Waals surface area contributed by atoms with Crippen LogP contribution in [0.25, 0.3) is 11.3 Å². The van der Waals surface area contributed by atoms with Crippen molar-refractivity contribution in [2.75, 3.05) is 0 Å². The van der Waals surface area contributed by atoms with Gasteiger partial charge in [-0.2, -0.15) is 4.39 Å². The Morgan fingerprint density at radius 2 is 1.74 bits per heavy atom. The van der Waals surface area contributed by atoms with E-state index in [2.05, 4.69) is 43.7 Å². The molecule has 0 saturated carbocycles. The Kier molecular flexibility index (Phi) is 2.34. The second-order valence-corrected chi connectivity index (χ2v) is 6.18. The number of hydrogen-bond donors (Lipinski definition) is 0. The zero-order chi connectivity index (χ0) is 13.8. The fourth-order valence-corrected chi connectivity index (χ4v) is 2.86. The molecule has 0 amide bonds. The highest BCUT2D eigenvalue weighted by Gasteiger charge is 2.47. The molecule has 0 N–H and O–H groups in total. The predicted molar refractivity (Wildman–Crippen MR) is 73.5 cm³/mol. The summed E-state index contributed by atoms with van der Waals surface area (Å²) < 4.78 is 13.5. The van der Waals surface area contributed by atoms with Crippen LogP contribution in [-0.2, 0) is 10.8 Å². The molecule has 0 atom stereocenters. The SMILES string of the molecule is CC1(C)c2cccnc2-c2ccc(F)nc2C1(C)C. The maximum Gasteiger partial charge on any atom is 0.213 e. The van der Waals surface area contributed by atoms with Gasteiger partial charge in [-0.25, -0.2) is 4.98 Å². The van der Waals surface area contributed by atoms with Crippen LogP contribution in [0.15, 0.2) is 30.5 Å². The van der Waals surface area contributed by atoms with Crippen LogP contribution in [0.1, 0.15) is 39.0 Å². The molecule has 3 rings (SSSR count). The highest BCUT2D eigenvalue weighted by atomic mass is 19.1. The maximum absolute atomic E-state index is 13.5. The van der Waals surface area contributed by atoms with E-state index in [1.807, 2.05) is 6.07 Å². The third kappa shape index (κ3) is 1.47. The molecule has 0 aliphatic heterocycles. The van der Waals surface area contributed by atoms with E-state index in [-0.39, 0.29) is 10.8 Å². The summed E-state index contributed by atoms with van der Waals surface area (Å²) >= 11 is 0. The van der Waals surface area contributed by atoms with Gasteiger partial charge in [0.2, 0.25) is 5.95 Å². The van der Waals surface area contributed by atoms with Crippen molar-refractivity contribution in [2.45, 2.75) is 38.5 Å². The number of nitrogens with zero attached hydrogens (tertiary/aromatic N) is 2. The van der Waals surface area contributed by atoms with Gasteiger partial charge in [-0.05, 0) is 23.8 Å². The predicted octanol–water partition coefficient (Wildman–Crippen LogP) is 3.85. The first-order chi connectivity index (χ1) is 8.85. The summed E-state index contributed by atoms with van der Waals surface area (Å²) in [6, 6.07) is 7.27. The molecule has 2 aromatic heterocycles. The molecular formula is C16H17FN2. The molecule has 0 fully saturated rings. The zero-order valence-corrected chi connectivity index (χ0v) is 11.7. The van der Waals surface area contributed by atoms with E-state index in [0.29, 0.717) is 0 Å². The van der Waals surface area contributed by atoms with Gasteiger partial charge >= 0.3 is 0 Å². The first-order valence-corrected chi connectivity index (χ1v) is 6.48. The Labute approximate surface area is 112 Å². The Hall–Kier alpha value is -1.77. The lowest BCUT2D eigenvalue weighted by Gasteiger charge is -2.46. The molecule has 0 spiro atoms. The van der Waals surface area contributed by atoms with Crippen molar-refractivity contribution in [3.05, 3.63) is 47.7 Å². The topological polar surface area (TPSA) is 25.8 Å². The summed E-state index contributed by atoms with van der Waals surface area (Å²) in [6.45, 7) is 8.58. The summed E-state index contributed by atoms with van der Waals surface area (Å²) in [5.74, 6) is -0.429. The molecule has 0 unspecified atom stereocenters. The maximum atomic E-state index is 13.5. The van der Waals surface area contributed by atoms with Crippen molar-refractivity contribution in [3.8, 4) is 11.3 Å². The number of fused-ring (bicyclic) bond motifs is 3. The highest BCUT2D eigenvalue weighted by molar-refractivity contribution is 5.72. The van der Waals surface area contributed by atoms with Gasteiger partial charge in [-0.1, -0.05) is 33.8 Å². The Bertz CT molecular complexity index is 660. The van der Waals surface area contributed by atoms with E-state index in [0.717, 1.165) is 17.0 Å². The molecule has 0 aromatic carbocycles. The summed E-state index contributed by atoms with van der Waals surface area (Å²) in [6.07, 6.45) is 1.78. The van der Waals surface area contributed by atoms with Crippen molar-refractivity contribution in [1.82, 2.24) is 9.97 Å². The van der Waals surface area contributed by atoms with Crippen molar-refractivity contribution < 1.29 is 4.39 Å². The largest absolute Gasteiger partial charge is 0.256 e. The summed E-state index contributed by atoms with van der Waals surface area (Å²) in [7, 11) is 0. The van der Waals surface area contributed by atoms with Gasteiger partial charge in [0.05, 0.1) is 11.4 Å². The van der Waals surface area contributed by atoms with Crippen molar-refractivity contribution >= 4 is 0 Å². The molecule has 3 heteroatoms. The average Bonchev–Trinajstić information content (AvgIpc) is 2.37. The monoisotopic (exact) mass is 256 g/mol. The first kappa shape index (κ1) is 12.3. The van der Waals surface area contributed by atoms with E-state index in [1.165, 1.54) is 11.6 Å². The van der Waals surface area contributed by atoms with E-state index < -0.39 is 5.95 Å². The van der Waals surface area contributed by atoms with Crippen LogP contribution >= 0.6 is 0 Å². The van der Waals surface area contributed by atoms with Crippen LogP contribution in [0.4, 0.5) is 4.39 Å². The Morgan fingerprint density at radius 3 is 2.47 bits per heavy atom. The van der Waals surface area contributed by atoms with Gasteiger partial charge in [-0.15, -0.1) is 0 Å². The minimum absolute atomic E-state index is 0.148. The number of hydrogen-bond acceptors (Lipinski definition) is 2. The van der Waals surface area contributed by atoms with Crippen LogP contribution < -0.4 is 0 Å². The quantitative estimate of drug-likeness (QED) is 0.669. The summed E-state index contributed by atoms with van der Waals surface area (Å²) in [5.41, 5.74) is 3.46. The van der Waals surface area contributed by atoms with Crippen molar-refractivity contribution in [2.24, 2.45) is 0 Å². The van der Waals surface area contributed by atoms with E-state index in [1.54, 1.807) is 12.3 Å². The molecule has 1 aliphatic carbocycles. The van der Waals surface area contributed by atoms with Crippen LogP contribution in [0.3, 0.4) is 0 Å². The van der Waals surface area contributed by atoms with Crippen molar-refractivity contribution in [3.63, 3.8) is 0 Å². The third-order valence-electron chi connectivity index (χ3n) is 4.75. The van der Waals surface area contributed by atoms with Crippen LogP contribution in [0.2, 0.25) is 0 Å². The smallest absolute Gasteiger partial charge is 0.213 e. The van der Waals surface area contributed by atoms with Crippen LogP contribution in [0, 0.1) is 5.95 Å². The summed E-state index contributed by atoms with van der Waals surface area (Å²) in [5, 5.41) is 0. The minimum atomic E-state index is -0.429. The summed E-state index contributed by atoms with van der Waals surface area (Å²) in [4.78, 5) is 8.64. The standard InChI is InChI=1S/C16H17FN2/c1-15(2)11-6-5-9-18-13(11)10-7-8-12(17)19-14(10)16(15,3)4/h5-9H,1-4H3. The van der Waals surface area contributed by atoms with Crippen molar-refractivity contribution in [1.29, 1.82) is 0 Å². The zero-order valence-electron chi connectivity index (χ0n) is 11.7. The third-order valence-corrected chi connectivity index (χ3v) is 4.75. The lowest BCUT2D eigenvalue weighted by Crippen LogP contribution is -2.44. The minimum Gasteiger partial charge on any atom is -0.256 e. The number of halogens is 1. The fourth-order valence-electron chi connectivity index (χ4n) is 2.86. The highest BCUT2D eigenvalue weighted by Crippen LogP contribution is 2.52. The molecule has 98 valence electrons. The lowest BCUT2D eigenvalue weighted by atomic mass is 9.58. The van der Waals surface area contributed by atoms with Gasteiger partial charge in [0.1, 0.15) is 0 Å². The Balaban J connectivity index is 2.43. The molecule has 2 nitrogen and oxygen atoms in total. The molecule has 0 radical (unpaired) electrons. The lowest BCUT2D eigenvalue weighted by molar-refractivity contribution is 0.287. The second kappa shape index (κ2) is 3.62. The number of rotatable bonds is 0. The van der Waals surface area contributed by atoms with E-state index in [4.69, 9.17) is 0 Å². The fraction of sp³-hybridized carbons (Fsp3) is 0.375. The normalized spacial score (nSPS) is 18.6. The molecule has 2 aromatic rings. The molecule has 19 heavy (non-hydrogen) atoms. The van der Waals surface area contributed by atoms with Gasteiger partial charge in [0.25, 0.3) is 0 Å². The Morgan fingerprint density at radius 1 is 1.00 bits per heavy atom. The molecule has 2 heterocycles. The van der Waals surface area contributed by atoms with E-state index >= 15 is 0 Å². The number of pyridine rings is 2. The molecule has 0 saturated heterocycles. The van der Waals surface area contributed by atoms with Gasteiger partial charge in [0.15, 0.2) is 0 Å². The molecule has 1 aliphatic rings. The first-order valence-electron chi connectivity index (χ1n) is 6.48. The average molecular weight is 256 g/mol. The van der Waals surface area contributed by atoms with Gasteiger partial charge < -0.3 is 0 Å². The molecule has 0 bridgehead atoms. The second-order valence-electron chi connectivity index (χ2n) is 6.18.